The topological polar surface area (TPSA) is 24.5 Å². The summed E-state index contributed by atoms with van der Waals surface area (Å²) in [6, 6.07) is 18.7. The zero-order valence-electron chi connectivity index (χ0n) is 12.5. The molecule has 21 heavy (non-hydrogen) atoms. The van der Waals surface area contributed by atoms with Crippen molar-refractivity contribution >= 4 is 5.69 Å². The minimum Gasteiger partial charge on any atom is -0.457 e. The highest BCUT2D eigenvalue weighted by atomic mass is 16.5. The van der Waals surface area contributed by atoms with Crippen LogP contribution in [0.5, 0.6) is 11.5 Å². The molecule has 2 aromatic carbocycles. The van der Waals surface area contributed by atoms with Crippen LogP contribution in [0.4, 0.5) is 5.69 Å². The number of piperidine rings is 1. The molecule has 0 spiro atoms. The van der Waals surface area contributed by atoms with Crippen LogP contribution in [0.25, 0.3) is 0 Å². The molecule has 1 N–H and O–H groups in total. The van der Waals surface area contributed by atoms with Crippen molar-refractivity contribution in [2.24, 2.45) is 0 Å². The highest BCUT2D eigenvalue weighted by Crippen LogP contribution is 2.23. The first kappa shape index (κ1) is 14.0. The quantitative estimate of drug-likeness (QED) is 0.918. The molecule has 1 saturated heterocycles. The number of rotatable bonds is 4. The molecule has 0 aromatic heterocycles. The number of anilines is 1. The highest BCUT2D eigenvalue weighted by Gasteiger charge is 2.15. The molecular formula is C18H22N2O. The molecule has 3 nitrogen and oxygen atoms in total. The van der Waals surface area contributed by atoms with E-state index in [1.807, 2.05) is 42.5 Å². The Bertz CT molecular complexity index is 545. The van der Waals surface area contributed by atoms with E-state index in [0.717, 1.165) is 11.5 Å². The molecule has 0 saturated carbocycles. The third kappa shape index (κ3) is 3.99. The van der Waals surface area contributed by atoms with E-state index in [1.54, 1.807) is 0 Å². The molecule has 0 bridgehead atoms. The highest BCUT2D eigenvalue weighted by molar-refractivity contribution is 5.48. The van der Waals surface area contributed by atoms with E-state index in [-0.39, 0.29) is 0 Å². The van der Waals surface area contributed by atoms with Crippen LogP contribution in [0.1, 0.15) is 12.8 Å². The molecule has 1 aliphatic heterocycles. The largest absolute Gasteiger partial charge is 0.457 e. The second-order valence-corrected chi connectivity index (χ2v) is 5.66. The van der Waals surface area contributed by atoms with Crippen LogP contribution in [0, 0.1) is 0 Å². The summed E-state index contributed by atoms with van der Waals surface area (Å²) in [6.07, 6.45) is 2.41. The van der Waals surface area contributed by atoms with E-state index in [1.165, 1.54) is 31.6 Å². The van der Waals surface area contributed by atoms with Gasteiger partial charge in [-0.1, -0.05) is 18.2 Å². The van der Waals surface area contributed by atoms with Gasteiger partial charge < -0.3 is 15.0 Å². The maximum Gasteiger partial charge on any atom is 0.127 e. The lowest BCUT2D eigenvalue weighted by molar-refractivity contribution is 0.264. The molecule has 0 aliphatic carbocycles. The first-order valence-electron chi connectivity index (χ1n) is 7.58. The zero-order valence-corrected chi connectivity index (χ0v) is 12.5. The van der Waals surface area contributed by atoms with Crippen molar-refractivity contribution < 1.29 is 4.74 Å². The Labute approximate surface area is 126 Å². The molecule has 1 heterocycles. The van der Waals surface area contributed by atoms with Crippen LogP contribution in [-0.4, -0.2) is 31.1 Å². The van der Waals surface area contributed by atoms with Crippen LogP contribution in [0.3, 0.4) is 0 Å². The molecule has 3 heteroatoms. The molecule has 110 valence electrons. The van der Waals surface area contributed by atoms with Crippen molar-refractivity contribution in [1.29, 1.82) is 0 Å². The molecule has 2 aromatic rings. The third-order valence-electron chi connectivity index (χ3n) is 3.92. The number of para-hydroxylation sites is 1. The Morgan fingerprint density at radius 2 is 1.52 bits per heavy atom. The zero-order chi connectivity index (χ0) is 14.5. The lowest BCUT2D eigenvalue weighted by atomic mass is 10.1. The molecule has 1 aliphatic rings. The van der Waals surface area contributed by atoms with E-state index < -0.39 is 0 Å². The van der Waals surface area contributed by atoms with E-state index in [0.29, 0.717) is 6.04 Å². The van der Waals surface area contributed by atoms with Gasteiger partial charge in [0.15, 0.2) is 0 Å². The lowest BCUT2D eigenvalue weighted by Gasteiger charge is -2.30. The Kier molecular flexibility index (Phi) is 4.41. The van der Waals surface area contributed by atoms with Gasteiger partial charge in [-0.05, 0) is 69.4 Å². The Morgan fingerprint density at radius 3 is 2.19 bits per heavy atom. The monoisotopic (exact) mass is 282 g/mol. The third-order valence-corrected chi connectivity index (χ3v) is 3.92. The Balaban J connectivity index is 1.57. The number of hydrogen-bond donors (Lipinski definition) is 1. The van der Waals surface area contributed by atoms with Gasteiger partial charge in [0, 0.05) is 11.7 Å². The van der Waals surface area contributed by atoms with Crippen molar-refractivity contribution in [3.05, 3.63) is 54.6 Å². The molecule has 0 radical (unpaired) electrons. The first-order chi connectivity index (χ1) is 10.3. The minimum atomic E-state index is 0.585. The van der Waals surface area contributed by atoms with Gasteiger partial charge in [0.1, 0.15) is 11.5 Å². The van der Waals surface area contributed by atoms with E-state index in [9.17, 15) is 0 Å². The van der Waals surface area contributed by atoms with Gasteiger partial charge in [0.2, 0.25) is 0 Å². The summed E-state index contributed by atoms with van der Waals surface area (Å²) in [6.45, 7) is 2.35. The van der Waals surface area contributed by atoms with Gasteiger partial charge in [-0.2, -0.15) is 0 Å². The average molecular weight is 282 g/mol. The van der Waals surface area contributed by atoms with Crippen LogP contribution < -0.4 is 10.1 Å². The number of nitrogens with one attached hydrogen (secondary N) is 1. The smallest absolute Gasteiger partial charge is 0.127 e. The molecule has 3 rings (SSSR count). The fourth-order valence-electron chi connectivity index (χ4n) is 2.63. The number of likely N-dealkylation sites (tertiary alicyclic amines) is 1. The van der Waals surface area contributed by atoms with Crippen LogP contribution in [0.15, 0.2) is 54.6 Å². The van der Waals surface area contributed by atoms with E-state index in [2.05, 4.69) is 29.4 Å². The van der Waals surface area contributed by atoms with Crippen LogP contribution >= 0.6 is 0 Å². The predicted octanol–water partition coefficient (Wildman–Crippen LogP) is 3.99. The fraction of sp³-hybridized carbons (Fsp3) is 0.333. The maximum absolute atomic E-state index is 5.80. The van der Waals surface area contributed by atoms with Gasteiger partial charge in [0.05, 0.1) is 0 Å². The molecule has 0 unspecified atom stereocenters. The first-order valence-corrected chi connectivity index (χ1v) is 7.58. The Hall–Kier alpha value is -2.00. The molecule has 0 atom stereocenters. The fourth-order valence-corrected chi connectivity index (χ4v) is 2.63. The van der Waals surface area contributed by atoms with Gasteiger partial charge in [-0.3, -0.25) is 0 Å². The van der Waals surface area contributed by atoms with Crippen LogP contribution in [0.2, 0.25) is 0 Å². The van der Waals surface area contributed by atoms with Gasteiger partial charge >= 0.3 is 0 Å². The number of ether oxygens (including phenoxy) is 1. The second-order valence-electron chi connectivity index (χ2n) is 5.66. The maximum atomic E-state index is 5.80. The van der Waals surface area contributed by atoms with Crippen molar-refractivity contribution in [2.45, 2.75) is 18.9 Å². The lowest BCUT2D eigenvalue weighted by Crippen LogP contribution is -2.36. The summed E-state index contributed by atoms with van der Waals surface area (Å²) in [7, 11) is 2.19. The van der Waals surface area contributed by atoms with Crippen LogP contribution in [-0.2, 0) is 0 Å². The summed E-state index contributed by atoms with van der Waals surface area (Å²) in [5.41, 5.74) is 1.17. The number of nitrogens with zero attached hydrogens (tertiary/aromatic N) is 1. The SMILES string of the molecule is CN1CCC(Nc2ccc(Oc3ccccc3)cc2)CC1. The number of hydrogen-bond acceptors (Lipinski definition) is 3. The van der Waals surface area contributed by atoms with E-state index in [4.69, 9.17) is 4.74 Å². The minimum absolute atomic E-state index is 0.585. The van der Waals surface area contributed by atoms with Gasteiger partial charge in [-0.25, -0.2) is 0 Å². The summed E-state index contributed by atoms with van der Waals surface area (Å²) in [5.74, 6) is 1.74. The van der Waals surface area contributed by atoms with Crippen molar-refractivity contribution in [2.75, 3.05) is 25.5 Å². The normalized spacial score (nSPS) is 16.6. The molecular weight excluding hydrogens is 260 g/mol. The Morgan fingerprint density at radius 1 is 0.905 bits per heavy atom. The molecule has 0 amide bonds. The van der Waals surface area contributed by atoms with Gasteiger partial charge in [0.25, 0.3) is 0 Å². The predicted molar refractivity (Wildman–Crippen MR) is 87.1 cm³/mol. The van der Waals surface area contributed by atoms with Gasteiger partial charge in [-0.15, -0.1) is 0 Å². The molecule has 1 fully saturated rings. The second kappa shape index (κ2) is 6.64. The number of benzene rings is 2. The van der Waals surface area contributed by atoms with Crippen molar-refractivity contribution in [1.82, 2.24) is 4.90 Å². The summed E-state index contributed by atoms with van der Waals surface area (Å²) >= 11 is 0. The van der Waals surface area contributed by atoms with Crippen molar-refractivity contribution in [3.8, 4) is 11.5 Å². The summed E-state index contributed by atoms with van der Waals surface area (Å²) in [5, 5.41) is 3.61. The summed E-state index contributed by atoms with van der Waals surface area (Å²) in [4.78, 5) is 2.38. The van der Waals surface area contributed by atoms with E-state index >= 15 is 0 Å². The average Bonchev–Trinajstić information content (AvgIpc) is 2.53. The summed E-state index contributed by atoms with van der Waals surface area (Å²) < 4.78 is 5.80. The standard InChI is InChI=1S/C18H22N2O/c1-20-13-11-16(12-14-20)19-15-7-9-18(10-8-15)21-17-5-3-2-4-6-17/h2-10,16,19H,11-14H2,1H3. The van der Waals surface area contributed by atoms with Crippen molar-refractivity contribution in [3.63, 3.8) is 0 Å².